The lowest BCUT2D eigenvalue weighted by Gasteiger charge is -2.30. The number of aromatic nitrogens is 4. The molecule has 2 N–H and O–H groups in total. The van der Waals surface area contributed by atoms with Crippen LogP contribution in [-0.2, 0) is 13.5 Å². The standard InChI is InChI=1S/C12H20N6/c1-3-9-10-11(16(2)15-9)18(12(13)14-10)17-7-5-4-6-8-17/h3-8H2,1-2H3,(H2,13,14). The molecule has 3 heterocycles. The first-order chi connectivity index (χ1) is 8.72. The van der Waals surface area contributed by atoms with Crippen molar-refractivity contribution in [1.82, 2.24) is 19.4 Å². The van der Waals surface area contributed by atoms with Gasteiger partial charge in [0, 0.05) is 20.1 Å². The first-order valence-electron chi connectivity index (χ1n) is 6.67. The van der Waals surface area contributed by atoms with Crippen molar-refractivity contribution in [2.45, 2.75) is 32.6 Å². The van der Waals surface area contributed by atoms with E-state index < -0.39 is 0 Å². The first-order valence-corrected chi connectivity index (χ1v) is 6.67. The molecule has 0 aromatic carbocycles. The Morgan fingerprint density at radius 2 is 1.94 bits per heavy atom. The molecule has 18 heavy (non-hydrogen) atoms. The fourth-order valence-corrected chi connectivity index (χ4v) is 2.77. The molecule has 98 valence electrons. The monoisotopic (exact) mass is 248 g/mol. The van der Waals surface area contributed by atoms with Crippen molar-refractivity contribution in [2.75, 3.05) is 23.8 Å². The van der Waals surface area contributed by atoms with Gasteiger partial charge in [0.15, 0.2) is 5.65 Å². The summed E-state index contributed by atoms with van der Waals surface area (Å²) < 4.78 is 3.94. The van der Waals surface area contributed by atoms with Gasteiger partial charge in [-0.1, -0.05) is 6.92 Å². The number of piperidine rings is 1. The van der Waals surface area contributed by atoms with E-state index in [2.05, 4.69) is 22.0 Å². The molecular formula is C12H20N6. The number of hydrogen-bond donors (Lipinski definition) is 1. The zero-order valence-corrected chi connectivity index (χ0v) is 11.1. The summed E-state index contributed by atoms with van der Waals surface area (Å²) >= 11 is 0. The normalized spacial score (nSPS) is 16.7. The highest BCUT2D eigenvalue weighted by Gasteiger charge is 2.21. The van der Waals surface area contributed by atoms with Crippen LogP contribution in [0.3, 0.4) is 0 Å². The Hall–Kier alpha value is -1.72. The largest absolute Gasteiger partial charge is 0.368 e. The maximum atomic E-state index is 6.09. The lowest BCUT2D eigenvalue weighted by Crippen LogP contribution is -2.40. The molecule has 0 unspecified atom stereocenters. The van der Waals surface area contributed by atoms with Crippen LogP contribution >= 0.6 is 0 Å². The maximum absolute atomic E-state index is 6.09. The molecule has 0 radical (unpaired) electrons. The number of aryl methyl sites for hydroxylation is 2. The van der Waals surface area contributed by atoms with Crippen LogP contribution in [-0.4, -0.2) is 32.5 Å². The smallest absolute Gasteiger partial charge is 0.222 e. The van der Waals surface area contributed by atoms with Crippen molar-refractivity contribution in [2.24, 2.45) is 7.05 Å². The highest BCUT2D eigenvalue weighted by atomic mass is 15.6. The van der Waals surface area contributed by atoms with Crippen LogP contribution in [0.4, 0.5) is 5.95 Å². The topological polar surface area (TPSA) is 64.9 Å². The van der Waals surface area contributed by atoms with E-state index in [9.17, 15) is 0 Å². The Morgan fingerprint density at radius 1 is 1.22 bits per heavy atom. The quantitative estimate of drug-likeness (QED) is 0.862. The van der Waals surface area contributed by atoms with Crippen molar-refractivity contribution in [1.29, 1.82) is 0 Å². The van der Waals surface area contributed by atoms with Gasteiger partial charge in [-0.3, -0.25) is 0 Å². The number of fused-ring (bicyclic) bond motifs is 1. The summed E-state index contributed by atoms with van der Waals surface area (Å²) in [6, 6.07) is 0. The van der Waals surface area contributed by atoms with E-state index in [0.29, 0.717) is 5.95 Å². The molecule has 1 aliphatic heterocycles. The SMILES string of the molecule is CCc1nn(C)c2c1nc(N)n2N1CCCCC1. The summed E-state index contributed by atoms with van der Waals surface area (Å²) in [5.41, 5.74) is 9.08. The van der Waals surface area contributed by atoms with Gasteiger partial charge in [0.1, 0.15) is 5.52 Å². The van der Waals surface area contributed by atoms with Crippen molar-refractivity contribution in [3.63, 3.8) is 0 Å². The fourth-order valence-electron chi connectivity index (χ4n) is 2.77. The van der Waals surface area contributed by atoms with Crippen molar-refractivity contribution in [3.8, 4) is 0 Å². The van der Waals surface area contributed by atoms with Gasteiger partial charge in [-0.05, 0) is 25.7 Å². The van der Waals surface area contributed by atoms with Gasteiger partial charge in [-0.25, -0.2) is 14.3 Å². The average molecular weight is 248 g/mol. The van der Waals surface area contributed by atoms with E-state index in [-0.39, 0.29) is 0 Å². The summed E-state index contributed by atoms with van der Waals surface area (Å²) in [4.78, 5) is 4.50. The van der Waals surface area contributed by atoms with Crippen LogP contribution in [0.2, 0.25) is 0 Å². The summed E-state index contributed by atoms with van der Waals surface area (Å²) in [5.74, 6) is 0.578. The van der Waals surface area contributed by atoms with E-state index in [1.165, 1.54) is 19.3 Å². The molecule has 6 heteroatoms. The van der Waals surface area contributed by atoms with Crippen molar-refractivity contribution >= 4 is 17.1 Å². The molecule has 6 nitrogen and oxygen atoms in total. The zero-order valence-electron chi connectivity index (χ0n) is 11.1. The number of hydrogen-bond acceptors (Lipinski definition) is 4. The van der Waals surface area contributed by atoms with Gasteiger partial charge in [0.05, 0.1) is 5.69 Å². The molecule has 1 aliphatic rings. The first kappa shape index (κ1) is 11.4. The summed E-state index contributed by atoms with van der Waals surface area (Å²) in [5, 5.41) is 6.80. The molecule has 3 rings (SSSR count). The summed E-state index contributed by atoms with van der Waals surface area (Å²) in [6.07, 6.45) is 4.63. The van der Waals surface area contributed by atoms with Crippen LogP contribution in [0.5, 0.6) is 0 Å². The summed E-state index contributed by atoms with van der Waals surface area (Å²) in [7, 11) is 1.96. The van der Waals surface area contributed by atoms with Gasteiger partial charge in [0.25, 0.3) is 0 Å². The number of nitrogens with two attached hydrogens (primary N) is 1. The van der Waals surface area contributed by atoms with Gasteiger partial charge >= 0.3 is 0 Å². The van der Waals surface area contributed by atoms with Gasteiger partial charge in [-0.15, -0.1) is 0 Å². The Morgan fingerprint density at radius 3 is 2.61 bits per heavy atom. The molecule has 0 amide bonds. The van der Waals surface area contributed by atoms with Crippen LogP contribution < -0.4 is 10.7 Å². The molecule has 0 atom stereocenters. The van der Waals surface area contributed by atoms with Crippen LogP contribution in [0.1, 0.15) is 31.9 Å². The molecule has 0 spiro atoms. The minimum absolute atomic E-state index is 0.578. The number of nitrogens with zero attached hydrogens (tertiary/aromatic N) is 5. The number of imidazole rings is 1. The van der Waals surface area contributed by atoms with Gasteiger partial charge < -0.3 is 10.7 Å². The Balaban J connectivity index is 2.15. The number of anilines is 1. The average Bonchev–Trinajstić information content (AvgIpc) is 2.87. The van der Waals surface area contributed by atoms with Crippen molar-refractivity contribution < 1.29 is 0 Å². The lowest BCUT2D eigenvalue weighted by atomic mass is 10.2. The van der Waals surface area contributed by atoms with E-state index in [1.54, 1.807) is 0 Å². The molecular weight excluding hydrogens is 228 g/mol. The van der Waals surface area contributed by atoms with E-state index in [4.69, 9.17) is 5.73 Å². The predicted octanol–water partition coefficient (Wildman–Crippen LogP) is 1.04. The third-order valence-corrected chi connectivity index (χ3v) is 3.66. The highest BCUT2D eigenvalue weighted by Crippen LogP contribution is 2.23. The molecule has 1 fully saturated rings. The molecule has 2 aromatic rings. The van der Waals surface area contributed by atoms with Crippen LogP contribution in [0.15, 0.2) is 0 Å². The summed E-state index contributed by atoms with van der Waals surface area (Å²) in [6.45, 7) is 4.18. The molecule has 0 bridgehead atoms. The minimum Gasteiger partial charge on any atom is -0.368 e. The van der Waals surface area contributed by atoms with E-state index in [1.807, 2.05) is 16.4 Å². The van der Waals surface area contributed by atoms with E-state index >= 15 is 0 Å². The zero-order chi connectivity index (χ0) is 12.7. The number of rotatable bonds is 2. The van der Waals surface area contributed by atoms with Gasteiger partial charge in [0.2, 0.25) is 5.95 Å². The second kappa shape index (κ2) is 4.19. The Labute approximate surface area is 106 Å². The lowest BCUT2D eigenvalue weighted by molar-refractivity contribution is 0.484. The van der Waals surface area contributed by atoms with E-state index in [0.717, 1.165) is 36.4 Å². The second-order valence-corrected chi connectivity index (χ2v) is 4.89. The fraction of sp³-hybridized carbons (Fsp3) is 0.667. The van der Waals surface area contributed by atoms with Gasteiger partial charge in [-0.2, -0.15) is 5.10 Å². The maximum Gasteiger partial charge on any atom is 0.222 e. The molecule has 2 aromatic heterocycles. The second-order valence-electron chi connectivity index (χ2n) is 4.89. The van der Waals surface area contributed by atoms with Crippen LogP contribution in [0.25, 0.3) is 11.2 Å². The predicted molar refractivity (Wildman–Crippen MR) is 72.1 cm³/mol. The molecule has 0 saturated carbocycles. The van der Waals surface area contributed by atoms with Crippen molar-refractivity contribution in [3.05, 3.63) is 5.69 Å². The third kappa shape index (κ3) is 1.55. The molecule has 1 saturated heterocycles. The van der Waals surface area contributed by atoms with Crippen LogP contribution in [0, 0.1) is 0 Å². The Kier molecular flexibility index (Phi) is 2.65. The Bertz CT molecular complexity index is 561. The highest BCUT2D eigenvalue weighted by molar-refractivity contribution is 5.78. The number of nitrogen functional groups attached to an aromatic ring is 1. The molecule has 0 aliphatic carbocycles. The minimum atomic E-state index is 0.578. The third-order valence-electron chi connectivity index (χ3n) is 3.66.